The zero-order valence-electron chi connectivity index (χ0n) is 16.7. The average molecular weight is 389 g/mol. The summed E-state index contributed by atoms with van der Waals surface area (Å²) in [5.41, 5.74) is 5.15. The van der Waals surface area contributed by atoms with Gasteiger partial charge in [-0.25, -0.2) is 4.52 Å². The molecule has 0 aliphatic carbocycles. The first kappa shape index (κ1) is 18.7. The molecule has 29 heavy (non-hydrogen) atoms. The van der Waals surface area contributed by atoms with Crippen LogP contribution in [-0.2, 0) is 11.2 Å². The number of carbonyl (C=O) groups excluding carboxylic acids is 1. The SMILES string of the molecule is COc1ccn2nc(NC(=O)Cc3ccc(C4=CCN(C)C(C)=C4)cc3)nc2c1. The third kappa shape index (κ3) is 4.13. The Labute approximate surface area is 169 Å². The van der Waals surface area contributed by atoms with E-state index in [0.29, 0.717) is 11.4 Å². The van der Waals surface area contributed by atoms with Crippen LogP contribution in [0.3, 0.4) is 0 Å². The summed E-state index contributed by atoms with van der Waals surface area (Å²) in [6, 6.07) is 11.6. The van der Waals surface area contributed by atoms with E-state index in [1.54, 1.807) is 30.0 Å². The molecule has 7 heteroatoms. The van der Waals surface area contributed by atoms with Gasteiger partial charge in [-0.2, -0.15) is 4.98 Å². The minimum atomic E-state index is -0.158. The number of hydrogen-bond acceptors (Lipinski definition) is 5. The summed E-state index contributed by atoms with van der Waals surface area (Å²) in [4.78, 5) is 18.9. The molecule has 4 rings (SSSR count). The molecule has 1 aromatic carbocycles. The predicted molar refractivity (Wildman–Crippen MR) is 113 cm³/mol. The number of fused-ring (bicyclic) bond motifs is 1. The number of rotatable bonds is 5. The lowest BCUT2D eigenvalue weighted by atomic mass is 10.00. The number of nitrogens with zero attached hydrogens (tertiary/aromatic N) is 4. The highest BCUT2D eigenvalue weighted by Crippen LogP contribution is 2.23. The maximum Gasteiger partial charge on any atom is 0.249 e. The second-order valence-electron chi connectivity index (χ2n) is 7.05. The summed E-state index contributed by atoms with van der Waals surface area (Å²) in [6.07, 6.45) is 6.38. The average Bonchev–Trinajstić information content (AvgIpc) is 3.11. The second kappa shape index (κ2) is 7.79. The van der Waals surface area contributed by atoms with Crippen molar-refractivity contribution in [1.82, 2.24) is 19.5 Å². The van der Waals surface area contributed by atoms with Crippen molar-refractivity contribution in [2.24, 2.45) is 0 Å². The fraction of sp³-hybridized carbons (Fsp3) is 0.227. The number of ether oxygens (including phenoxy) is 1. The van der Waals surface area contributed by atoms with Crippen LogP contribution in [0.2, 0.25) is 0 Å². The fourth-order valence-corrected chi connectivity index (χ4v) is 3.19. The molecule has 7 nitrogen and oxygen atoms in total. The Morgan fingerprint density at radius 1 is 1.24 bits per heavy atom. The lowest BCUT2D eigenvalue weighted by Crippen LogP contribution is -2.18. The standard InChI is InChI=1S/C22H23N5O2/c1-15-12-18(8-10-26(15)2)17-6-4-16(5-7-17)13-21(28)24-22-23-20-14-19(29-3)9-11-27(20)25-22/h4-9,11-12,14H,10,13H2,1-3H3,(H,24,25,28). The number of pyridine rings is 1. The number of hydrogen-bond donors (Lipinski definition) is 1. The number of nitrogens with one attached hydrogen (secondary N) is 1. The number of benzene rings is 1. The molecule has 0 spiro atoms. The van der Waals surface area contributed by atoms with Gasteiger partial charge in [0.1, 0.15) is 5.75 Å². The smallest absolute Gasteiger partial charge is 0.249 e. The number of carbonyl (C=O) groups is 1. The largest absolute Gasteiger partial charge is 0.497 e. The minimum absolute atomic E-state index is 0.158. The molecule has 1 aliphatic rings. The second-order valence-corrected chi connectivity index (χ2v) is 7.05. The Bertz CT molecular complexity index is 1110. The summed E-state index contributed by atoms with van der Waals surface area (Å²) in [6.45, 7) is 3.01. The molecular formula is C22H23N5O2. The van der Waals surface area contributed by atoms with Crippen molar-refractivity contribution < 1.29 is 9.53 Å². The maximum absolute atomic E-state index is 12.4. The van der Waals surface area contributed by atoms with Crippen LogP contribution < -0.4 is 10.1 Å². The molecule has 0 saturated heterocycles. The van der Waals surface area contributed by atoms with Gasteiger partial charge in [0.2, 0.25) is 11.9 Å². The highest BCUT2D eigenvalue weighted by Gasteiger charge is 2.11. The zero-order chi connectivity index (χ0) is 20.4. The Morgan fingerprint density at radius 3 is 2.76 bits per heavy atom. The molecule has 0 unspecified atom stereocenters. The van der Waals surface area contributed by atoms with E-state index in [9.17, 15) is 4.79 Å². The number of anilines is 1. The lowest BCUT2D eigenvalue weighted by Gasteiger charge is -2.23. The summed E-state index contributed by atoms with van der Waals surface area (Å²) in [5.74, 6) is 0.805. The van der Waals surface area contributed by atoms with Gasteiger partial charge in [0, 0.05) is 31.6 Å². The highest BCUT2D eigenvalue weighted by molar-refractivity contribution is 5.91. The summed E-state index contributed by atoms with van der Waals surface area (Å²) in [7, 11) is 3.67. The maximum atomic E-state index is 12.4. The van der Waals surface area contributed by atoms with Gasteiger partial charge in [-0.15, -0.1) is 5.10 Å². The number of amides is 1. The monoisotopic (exact) mass is 389 g/mol. The zero-order valence-corrected chi connectivity index (χ0v) is 16.7. The van der Waals surface area contributed by atoms with E-state index in [1.807, 2.05) is 12.1 Å². The van der Waals surface area contributed by atoms with Gasteiger partial charge in [0.25, 0.3) is 0 Å². The van der Waals surface area contributed by atoms with Crippen molar-refractivity contribution in [1.29, 1.82) is 0 Å². The van der Waals surface area contributed by atoms with Crippen LogP contribution in [-0.4, -0.2) is 46.1 Å². The van der Waals surface area contributed by atoms with Gasteiger partial charge in [-0.3, -0.25) is 10.1 Å². The van der Waals surface area contributed by atoms with E-state index in [0.717, 1.165) is 17.7 Å². The van der Waals surface area contributed by atoms with Crippen LogP contribution in [0.1, 0.15) is 18.1 Å². The number of allylic oxidation sites excluding steroid dienone is 3. The molecule has 148 valence electrons. The van der Waals surface area contributed by atoms with Crippen LogP contribution in [0.4, 0.5) is 5.95 Å². The Hall–Kier alpha value is -3.61. The number of methoxy groups -OCH3 is 1. The molecule has 3 heterocycles. The predicted octanol–water partition coefficient (Wildman–Crippen LogP) is 3.15. The molecular weight excluding hydrogens is 366 g/mol. The summed E-state index contributed by atoms with van der Waals surface area (Å²) < 4.78 is 6.77. The van der Waals surface area contributed by atoms with Gasteiger partial charge in [-0.1, -0.05) is 30.3 Å². The summed E-state index contributed by atoms with van der Waals surface area (Å²) in [5, 5.41) is 7.02. The van der Waals surface area contributed by atoms with Crippen molar-refractivity contribution in [2.45, 2.75) is 13.3 Å². The van der Waals surface area contributed by atoms with E-state index >= 15 is 0 Å². The van der Waals surface area contributed by atoms with E-state index in [2.05, 4.69) is 58.6 Å². The van der Waals surface area contributed by atoms with Crippen molar-refractivity contribution in [3.8, 4) is 5.75 Å². The molecule has 0 radical (unpaired) electrons. The first-order valence-corrected chi connectivity index (χ1v) is 9.41. The fourth-order valence-electron chi connectivity index (χ4n) is 3.19. The normalized spacial score (nSPS) is 13.8. The molecule has 1 amide bonds. The van der Waals surface area contributed by atoms with Crippen LogP contribution in [0.25, 0.3) is 11.2 Å². The van der Waals surface area contributed by atoms with Gasteiger partial charge in [0.15, 0.2) is 5.65 Å². The molecule has 0 bridgehead atoms. The quantitative estimate of drug-likeness (QED) is 0.726. The molecule has 0 atom stereocenters. The molecule has 1 N–H and O–H groups in total. The topological polar surface area (TPSA) is 71.8 Å². The van der Waals surface area contributed by atoms with E-state index in [4.69, 9.17) is 4.74 Å². The van der Waals surface area contributed by atoms with Crippen molar-refractivity contribution >= 4 is 23.1 Å². The van der Waals surface area contributed by atoms with Crippen LogP contribution in [0, 0.1) is 0 Å². The van der Waals surface area contributed by atoms with E-state index < -0.39 is 0 Å². The molecule has 0 saturated carbocycles. The van der Waals surface area contributed by atoms with Gasteiger partial charge >= 0.3 is 0 Å². The molecule has 1 aliphatic heterocycles. The third-order valence-electron chi connectivity index (χ3n) is 5.00. The molecule has 3 aromatic rings. The van der Waals surface area contributed by atoms with Crippen molar-refractivity contribution in [3.63, 3.8) is 0 Å². The Morgan fingerprint density at radius 2 is 2.03 bits per heavy atom. The summed E-state index contributed by atoms with van der Waals surface area (Å²) >= 11 is 0. The third-order valence-corrected chi connectivity index (χ3v) is 5.00. The Balaban J connectivity index is 1.41. The van der Waals surface area contributed by atoms with E-state index in [1.165, 1.54) is 11.3 Å². The van der Waals surface area contributed by atoms with Crippen LogP contribution in [0.15, 0.2) is 60.4 Å². The first-order valence-electron chi connectivity index (χ1n) is 9.41. The van der Waals surface area contributed by atoms with Crippen molar-refractivity contribution in [2.75, 3.05) is 26.0 Å². The van der Waals surface area contributed by atoms with Gasteiger partial charge in [-0.05, 0) is 35.8 Å². The van der Waals surface area contributed by atoms with E-state index in [-0.39, 0.29) is 18.3 Å². The lowest BCUT2D eigenvalue weighted by molar-refractivity contribution is -0.115. The molecule has 0 fully saturated rings. The first-order chi connectivity index (χ1) is 14.0. The highest BCUT2D eigenvalue weighted by atomic mass is 16.5. The van der Waals surface area contributed by atoms with Gasteiger partial charge in [0.05, 0.1) is 13.5 Å². The number of aromatic nitrogens is 3. The van der Waals surface area contributed by atoms with Crippen molar-refractivity contribution in [3.05, 3.63) is 71.6 Å². The van der Waals surface area contributed by atoms with Gasteiger partial charge < -0.3 is 9.64 Å². The number of likely N-dealkylation sites (N-methyl/N-ethyl adjacent to an activating group) is 1. The van der Waals surface area contributed by atoms with Crippen LogP contribution >= 0.6 is 0 Å². The van der Waals surface area contributed by atoms with Crippen LogP contribution in [0.5, 0.6) is 5.75 Å². The Kier molecular flexibility index (Phi) is 5.03. The molecule has 2 aromatic heterocycles. The minimum Gasteiger partial charge on any atom is -0.497 e.